The highest BCUT2D eigenvalue weighted by molar-refractivity contribution is 5.95. The molecule has 2 amide bonds. The van der Waals surface area contributed by atoms with Crippen LogP contribution in [0.4, 0.5) is 0 Å². The van der Waals surface area contributed by atoms with E-state index in [0.29, 0.717) is 24.4 Å². The molecule has 3 aromatic carbocycles. The number of nitrogens with two attached hydrogens (primary N) is 2. The minimum Gasteiger partial charge on any atom is -0.384 e. The molecule has 9 nitrogen and oxygen atoms in total. The van der Waals surface area contributed by atoms with Crippen molar-refractivity contribution in [2.75, 3.05) is 19.6 Å². The van der Waals surface area contributed by atoms with E-state index in [4.69, 9.17) is 22.3 Å². The zero-order valence-electron chi connectivity index (χ0n) is 25.8. The molecule has 45 heavy (non-hydrogen) atoms. The lowest BCUT2D eigenvalue weighted by molar-refractivity contribution is -0.131. The van der Waals surface area contributed by atoms with E-state index < -0.39 is 12.0 Å². The van der Waals surface area contributed by atoms with Crippen molar-refractivity contribution in [1.29, 1.82) is 10.8 Å². The van der Waals surface area contributed by atoms with Gasteiger partial charge in [-0.25, -0.2) is 0 Å². The standard InChI is InChI=1S/C35H45N7O2.ClH/c36-32(37)27-12-10-23(11-13-27)20-30(29-15-14-25-6-4-5-9-28(25)21-29)33(43)41-31(26-7-2-1-3-8-26)34(44)40-22-24-16-18-42(19-17-24)35(38)39;/h4-6,9-15,21,24,26,30-31H,1-3,7-8,16-20,22H2,(H3,36,37)(H3,38,39)(H,40,44)(H,41,43);1H/t30?,31-;/m0./s1. The first kappa shape index (κ1) is 33.8. The highest BCUT2D eigenvalue weighted by atomic mass is 35.5. The minimum atomic E-state index is -0.594. The zero-order valence-corrected chi connectivity index (χ0v) is 26.6. The number of piperidine rings is 1. The van der Waals surface area contributed by atoms with Crippen LogP contribution in [-0.2, 0) is 16.0 Å². The summed E-state index contributed by atoms with van der Waals surface area (Å²) in [7, 11) is 0. The summed E-state index contributed by atoms with van der Waals surface area (Å²) in [5.41, 5.74) is 13.8. The van der Waals surface area contributed by atoms with Crippen molar-refractivity contribution in [3.63, 3.8) is 0 Å². The van der Waals surface area contributed by atoms with Crippen molar-refractivity contribution in [3.8, 4) is 0 Å². The SMILES string of the molecule is Cl.N=C(N)c1ccc(CC(C(=O)N[C@H](C(=O)NCC2CCN(C(=N)N)CC2)C2CCCCC2)c2ccc3ccccc3c2)cc1. The third kappa shape index (κ3) is 8.75. The first-order valence-corrected chi connectivity index (χ1v) is 15.9. The van der Waals surface area contributed by atoms with Gasteiger partial charge in [0, 0.05) is 25.2 Å². The molecule has 2 fully saturated rings. The molecular weight excluding hydrogens is 586 g/mol. The Bertz CT molecular complexity index is 1480. The summed E-state index contributed by atoms with van der Waals surface area (Å²) in [5, 5.41) is 24.0. The summed E-state index contributed by atoms with van der Waals surface area (Å²) in [6, 6.07) is 21.1. The number of fused-ring (bicyclic) bond motifs is 1. The minimum absolute atomic E-state index is 0. The topological polar surface area (TPSA) is 161 Å². The van der Waals surface area contributed by atoms with Crippen molar-refractivity contribution < 1.29 is 9.59 Å². The number of hydrogen-bond donors (Lipinski definition) is 6. The second kappa shape index (κ2) is 15.8. The van der Waals surface area contributed by atoms with Crippen LogP contribution in [-0.4, -0.2) is 54.2 Å². The van der Waals surface area contributed by atoms with Gasteiger partial charge in [-0.05, 0) is 65.8 Å². The number of nitrogens with zero attached hydrogens (tertiary/aromatic N) is 1. The van der Waals surface area contributed by atoms with E-state index in [-0.39, 0.29) is 41.9 Å². The monoisotopic (exact) mass is 631 g/mol. The van der Waals surface area contributed by atoms with Gasteiger partial charge < -0.3 is 27.0 Å². The predicted molar refractivity (Wildman–Crippen MR) is 183 cm³/mol. The molecule has 0 spiro atoms. The summed E-state index contributed by atoms with van der Waals surface area (Å²) in [4.78, 5) is 29.9. The predicted octanol–water partition coefficient (Wildman–Crippen LogP) is 4.66. The Labute approximate surface area is 271 Å². The van der Waals surface area contributed by atoms with Crippen LogP contribution in [0.2, 0.25) is 0 Å². The quantitative estimate of drug-likeness (QED) is 0.141. The molecule has 10 heteroatoms. The number of amides is 2. The van der Waals surface area contributed by atoms with Crippen LogP contribution in [0.25, 0.3) is 10.8 Å². The number of halogens is 1. The van der Waals surface area contributed by atoms with E-state index in [1.54, 1.807) is 0 Å². The van der Waals surface area contributed by atoms with Gasteiger partial charge in [-0.3, -0.25) is 20.4 Å². The Morgan fingerprint density at radius 1 is 0.844 bits per heavy atom. The lowest BCUT2D eigenvalue weighted by atomic mass is 9.82. The van der Waals surface area contributed by atoms with Crippen molar-refractivity contribution in [1.82, 2.24) is 15.5 Å². The van der Waals surface area contributed by atoms with Crippen LogP contribution >= 0.6 is 12.4 Å². The van der Waals surface area contributed by atoms with Crippen LogP contribution in [0.5, 0.6) is 0 Å². The molecule has 1 aliphatic carbocycles. The smallest absolute Gasteiger partial charge is 0.242 e. The molecule has 8 N–H and O–H groups in total. The first-order valence-electron chi connectivity index (χ1n) is 15.9. The highest BCUT2D eigenvalue weighted by Gasteiger charge is 2.34. The number of rotatable bonds is 10. The average Bonchev–Trinajstić information content (AvgIpc) is 3.05. The molecule has 2 aliphatic rings. The number of carbonyl (C=O) groups is 2. The van der Waals surface area contributed by atoms with E-state index in [1.165, 1.54) is 0 Å². The van der Waals surface area contributed by atoms with Gasteiger partial charge in [0.15, 0.2) is 5.96 Å². The lowest BCUT2D eigenvalue weighted by Gasteiger charge is -2.34. The molecule has 3 aromatic rings. The van der Waals surface area contributed by atoms with Crippen LogP contribution in [0.1, 0.15) is 67.6 Å². The molecule has 1 unspecified atom stereocenters. The van der Waals surface area contributed by atoms with Crippen molar-refractivity contribution in [3.05, 3.63) is 83.4 Å². The molecule has 1 saturated carbocycles. The Kier molecular flexibility index (Phi) is 11.8. The largest absolute Gasteiger partial charge is 0.384 e. The third-order valence-corrected chi connectivity index (χ3v) is 9.42. The molecule has 0 radical (unpaired) electrons. The fourth-order valence-electron chi connectivity index (χ4n) is 6.69. The molecule has 0 bridgehead atoms. The molecule has 0 aromatic heterocycles. The number of benzene rings is 3. The second-order valence-corrected chi connectivity index (χ2v) is 12.4. The molecular formula is C35H46ClN7O2. The van der Waals surface area contributed by atoms with Crippen LogP contribution in [0.3, 0.4) is 0 Å². The Balaban J connectivity index is 0.00000461. The van der Waals surface area contributed by atoms with Gasteiger partial charge in [-0.2, -0.15) is 0 Å². The second-order valence-electron chi connectivity index (χ2n) is 12.4. The van der Waals surface area contributed by atoms with Gasteiger partial charge in [0.05, 0.1) is 5.92 Å². The van der Waals surface area contributed by atoms with E-state index in [2.05, 4.69) is 28.8 Å². The van der Waals surface area contributed by atoms with Gasteiger partial charge in [0.25, 0.3) is 0 Å². The summed E-state index contributed by atoms with van der Waals surface area (Å²) in [6.07, 6.45) is 7.30. The van der Waals surface area contributed by atoms with Crippen molar-refractivity contribution in [2.45, 2.75) is 63.3 Å². The van der Waals surface area contributed by atoms with Gasteiger partial charge in [-0.1, -0.05) is 86.0 Å². The number of guanidine groups is 1. The maximum absolute atomic E-state index is 14.2. The van der Waals surface area contributed by atoms with Gasteiger partial charge >= 0.3 is 0 Å². The third-order valence-electron chi connectivity index (χ3n) is 9.42. The Morgan fingerprint density at radius 2 is 1.51 bits per heavy atom. The lowest BCUT2D eigenvalue weighted by Crippen LogP contribution is -2.53. The van der Waals surface area contributed by atoms with Gasteiger partial charge in [-0.15, -0.1) is 12.4 Å². The summed E-state index contributed by atoms with van der Waals surface area (Å²) < 4.78 is 0. The molecule has 5 rings (SSSR count). The van der Waals surface area contributed by atoms with Crippen LogP contribution in [0, 0.1) is 22.7 Å². The molecule has 240 valence electrons. The summed E-state index contributed by atoms with van der Waals surface area (Å²) in [6.45, 7) is 2.00. The first-order chi connectivity index (χ1) is 21.3. The Morgan fingerprint density at radius 3 is 2.16 bits per heavy atom. The molecule has 1 saturated heterocycles. The van der Waals surface area contributed by atoms with Crippen LogP contribution in [0.15, 0.2) is 66.7 Å². The fraction of sp³-hybridized carbons (Fsp3) is 0.429. The maximum Gasteiger partial charge on any atom is 0.242 e. The van der Waals surface area contributed by atoms with E-state index >= 15 is 0 Å². The summed E-state index contributed by atoms with van der Waals surface area (Å²) in [5.74, 6) is -0.245. The van der Waals surface area contributed by atoms with E-state index in [9.17, 15) is 9.59 Å². The van der Waals surface area contributed by atoms with Gasteiger partial charge in [0.2, 0.25) is 11.8 Å². The average molecular weight is 632 g/mol. The van der Waals surface area contributed by atoms with E-state index in [1.807, 2.05) is 53.4 Å². The molecule has 2 atom stereocenters. The fourth-order valence-corrected chi connectivity index (χ4v) is 6.69. The maximum atomic E-state index is 14.2. The van der Waals surface area contributed by atoms with Crippen molar-refractivity contribution >= 4 is 46.8 Å². The number of amidine groups is 1. The molecule has 1 heterocycles. The number of hydrogen-bond acceptors (Lipinski definition) is 4. The van der Waals surface area contributed by atoms with Gasteiger partial charge in [0.1, 0.15) is 11.9 Å². The zero-order chi connectivity index (χ0) is 31.1. The van der Waals surface area contributed by atoms with Crippen molar-refractivity contribution in [2.24, 2.45) is 23.3 Å². The van der Waals surface area contributed by atoms with E-state index in [0.717, 1.165) is 79.9 Å². The number of nitrogens with one attached hydrogen (secondary N) is 4. The normalized spacial score (nSPS) is 17.1. The summed E-state index contributed by atoms with van der Waals surface area (Å²) >= 11 is 0. The highest BCUT2D eigenvalue weighted by Crippen LogP contribution is 2.30. The number of likely N-dealkylation sites (tertiary alicyclic amines) is 1. The van der Waals surface area contributed by atoms with Crippen LogP contribution < -0.4 is 22.1 Å². The Hall–Kier alpha value is -4.11. The number of carbonyl (C=O) groups excluding carboxylic acids is 2. The number of nitrogen functional groups attached to an aromatic ring is 1. The molecule has 1 aliphatic heterocycles.